The molecule has 3 aromatic carbocycles. The van der Waals surface area contributed by atoms with Gasteiger partial charge in [-0.1, -0.05) is 6.92 Å². The molecule has 0 amide bonds. The van der Waals surface area contributed by atoms with Crippen molar-refractivity contribution in [2.24, 2.45) is 0 Å². The van der Waals surface area contributed by atoms with E-state index in [1.807, 2.05) is 48.5 Å². The molecule has 0 unspecified atom stereocenters. The third kappa shape index (κ3) is 3.36. The summed E-state index contributed by atoms with van der Waals surface area (Å²) >= 11 is 0.00382. The molecular weight excluding hydrogens is 417 g/mol. The summed E-state index contributed by atoms with van der Waals surface area (Å²) in [7, 11) is 0. The van der Waals surface area contributed by atoms with E-state index in [1.165, 1.54) is 9.13 Å². The third-order valence-electron chi connectivity index (χ3n) is 4.13. The van der Waals surface area contributed by atoms with Gasteiger partial charge in [-0.15, -0.1) is 0 Å². The van der Waals surface area contributed by atoms with Crippen LogP contribution in [0.25, 0.3) is 22.3 Å². The van der Waals surface area contributed by atoms with Gasteiger partial charge in [-0.05, 0) is 6.42 Å². The Balaban J connectivity index is 2.01. The van der Waals surface area contributed by atoms with E-state index in [9.17, 15) is 8.78 Å². The molecule has 0 bridgehead atoms. The van der Waals surface area contributed by atoms with E-state index in [1.54, 1.807) is 12.1 Å². The van der Waals surface area contributed by atoms with Crippen molar-refractivity contribution >= 4 is 0 Å². The summed E-state index contributed by atoms with van der Waals surface area (Å²) in [6.07, 6.45) is 0.923. The number of benzene rings is 3. The first kappa shape index (κ1) is 17.1. The van der Waals surface area contributed by atoms with Crippen LogP contribution < -0.4 is 21.2 Å². The molecule has 124 valence electrons. The number of aryl methyl sites for hydroxylation is 1. The van der Waals surface area contributed by atoms with Crippen LogP contribution in [-0.4, -0.2) is 4.93 Å². The Kier molecular flexibility index (Phi) is 5.29. The maximum atomic E-state index is 14.6. The minimum absolute atomic E-state index is 0.00382. The summed E-state index contributed by atoms with van der Waals surface area (Å²) in [6.45, 7) is 2.07. The van der Waals surface area contributed by atoms with Crippen molar-refractivity contribution in [3.8, 4) is 22.3 Å². The molecule has 0 aliphatic rings. The monoisotopic (exact) mass is 435 g/mol. The van der Waals surface area contributed by atoms with Gasteiger partial charge in [-0.3, -0.25) is 0 Å². The first-order chi connectivity index (χ1) is 11.6. The van der Waals surface area contributed by atoms with Crippen molar-refractivity contribution in [1.82, 2.24) is 0 Å². The fourth-order valence-corrected chi connectivity index (χ4v) is 3.75. The molecule has 0 aliphatic carbocycles. The molecule has 0 radical (unpaired) electrons. The topological polar surface area (TPSA) is 0 Å². The van der Waals surface area contributed by atoms with E-state index < -0.39 is 11.6 Å². The van der Waals surface area contributed by atoms with Crippen molar-refractivity contribution in [2.45, 2.75) is 13.3 Å². The molecular formula is C21H18F2I-. The Morgan fingerprint density at radius 2 is 1.17 bits per heavy atom. The zero-order valence-electron chi connectivity index (χ0n) is 13.6. The van der Waals surface area contributed by atoms with Crippen molar-refractivity contribution in [3.05, 3.63) is 81.4 Å². The average molecular weight is 435 g/mol. The van der Waals surface area contributed by atoms with E-state index in [0.29, 0.717) is 22.3 Å². The Morgan fingerprint density at radius 3 is 1.58 bits per heavy atom. The molecule has 0 atom stereocenters. The van der Waals surface area contributed by atoms with E-state index >= 15 is 0 Å². The summed E-state index contributed by atoms with van der Waals surface area (Å²) in [6, 6.07) is 18.6. The standard InChI is InChI=1S/C21H18F2I/c1-3-14-4-6-15(7-5-14)18-12-13-19(21(23)20(18)22)16-8-10-17(24-2)11-9-16/h4-13H,3H2,1-2H3/q-1. The Bertz CT molecular complexity index is 764. The average Bonchev–Trinajstić information content (AvgIpc) is 2.64. The Labute approximate surface area is 151 Å². The van der Waals surface area contributed by atoms with E-state index in [-0.39, 0.29) is 21.2 Å². The first-order valence-electron chi connectivity index (χ1n) is 7.81. The van der Waals surface area contributed by atoms with Crippen molar-refractivity contribution in [3.63, 3.8) is 0 Å². The molecule has 3 heteroatoms. The second kappa shape index (κ2) is 7.43. The van der Waals surface area contributed by atoms with Gasteiger partial charge in [-0.25, -0.2) is 0 Å². The van der Waals surface area contributed by atoms with Crippen LogP contribution >= 0.6 is 0 Å². The van der Waals surface area contributed by atoms with Gasteiger partial charge in [0.05, 0.1) is 0 Å². The number of hydrogen-bond donors (Lipinski definition) is 0. The van der Waals surface area contributed by atoms with E-state index in [0.717, 1.165) is 6.42 Å². The summed E-state index contributed by atoms with van der Waals surface area (Å²) in [5, 5.41) is 0. The van der Waals surface area contributed by atoms with Gasteiger partial charge >= 0.3 is 139 Å². The van der Waals surface area contributed by atoms with Crippen LogP contribution in [0.2, 0.25) is 0 Å². The SMILES string of the molecule is CCc1ccc(-c2ccc(-c3ccc([I-]C)cc3)c(F)c2F)cc1. The molecule has 0 saturated carbocycles. The molecule has 0 N–H and O–H groups in total. The normalized spacial score (nSPS) is 11.0. The quantitative estimate of drug-likeness (QED) is 0.437. The number of alkyl halides is 1. The Morgan fingerprint density at radius 1 is 0.708 bits per heavy atom. The van der Waals surface area contributed by atoms with Crippen molar-refractivity contribution < 1.29 is 30.0 Å². The van der Waals surface area contributed by atoms with Gasteiger partial charge in [0.25, 0.3) is 0 Å². The number of hydrogen-bond acceptors (Lipinski definition) is 0. The molecule has 0 aromatic heterocycles. The second-order valence-electron chi connectivity index (χ2n) is 5.54. The third-order valence-corrected chi connectivity index (χ3v) is 6.09. The number of halogens is 3. The molecule has 0 saturated heterocycles. The fraction of sp³-hybridized carbons (Fsp3) is 0.143. The van der Waals surface area contributed by atoms with Crippen molar-refractivity contribution in [2.75, 3.05) is 4.93 Å². The zero-order chi connectivity index (χ0) is 17.1. The minimum atomic E-state index is -0.788. The fourth-order valence-electron chi connectivity index (χ4n) is 2.67. The predicted molar refractivity (Wildman–Crippen MR) is 91.2 cm³/mol. The second-order valence-corrected chi connectivity index (χ2v) is 7.86. The van der Waals surface area contributed by atoms with E-state index in [2.05, 4.69) is 11.9 Å². The molecule has 0 nitrogen and oxygen atoms in total. The molecule has 0 heterocycles. The van der Waals surface area contributed by atoms with Gasteiger partial charge in [0.2, 0.25) is 0 Å². The van der Waals surface area contributed by atoms with Gasteiger partial charge in [0.15, 0.2) is 0 Å². The van der Waals surface area contributed by atoms with Crippen LogP contribution in [0.15, 0.2) is 60.7 Å². The summed E-state index contributed by atoms with van der Waals surface area (Å²) in [5.74, 6) is -1.57. The van der Waals surface area contributed by atoms with Gasteiger partial charge in [-0.2, -0.15) is 0 Å². The summed E-state index contributed by atoms with van der Waals surface area (Å²) < 4.78 is 30.5. The molecule has 0 aliphatic heterocycles. The molecule has 3 aromatic rings. The van der Waals surface area contributed by atoms with Crippen LogP contribution in [0.3, 0.4) is 0 Å². The predicted octanol–water partition coefficient (Wildman–Crippen LogP) is 2.75. The zero-order valence-corrected chi connectivity index (χ0v) is 15.8. The van der Waals surface area contributed by atoms with Crippen LogP contribution in [-0.2, 0) is 6.42 Å². The van der Waals surface area contributed by atoms with Gasteiger partial charge in [0, 0.05) is 0 Å². The van der Waals surface area contributed by atoms with E-state index in [4.69, 9.17) is 0 Å². The van der Waals surface area contributed by atoms with Crippen LogP contribution in [0, 0.1) is 15.2 Å². The van der Waals surface area contributed by atoms with Crippen molar-refractivity contribution in [1.29, 1.82) is 0 Å². The summed E-state index contributed by atoms with van der Waals surface area (Å²) in [4.78, 5) is 2.17. The number of rotatable bonds is 4. The molecule has 3 rings (SSSR count). The molecule has 0 spiro atoms. The van der Waals surface area contributed by atoms with Crippen LogP contribution in [0.4, 0.5) is 8.78 Å². The molecule has 24 heavy (non-hydrogen) atoms. The van der Waals surface area contributed by atoms with Crippen LogP contribution in [0.5, 0.6) is 0 Å². The molecule has 0 fully saturated rings. The summed E-state index contributed by atoms with van der Waals surface area (Å²) in [5.41, 5.74) is 3.19. The van der Waals surface area contributed by atoms with Gasteiger partial charge < -0.3 is 0 Å². The Hall–Kier alpha value is -1.75. The first-order valence-corrected chi connectivity index (χ1v) is 11.0. The maximum absolute atomic E-state index is 14.6. The van der Waals surface area contributed by atoms with Crippen LogP contribution in [0.1, 0.15) is 12.5 Å². The van der Waals surface area contributed by atoms with Gasteiger partial charge in [0.1, 0.15) is 0 Å².